The molecule has 37 heavy (non-hydrogen) atoms. The second kappa shape index (κ2) is 12.6. The maximum atomic E-state index is 13.1. The van der Waals surface area contributed by atoms with Crippen molar-refractivity contribution >= 4 is 27.2 Å². The Kier molecular flexibility index (Phi) is 9.78. The van der Waals surface area contributed by atoms with Gasteiger partial charge in [-0.2, -0.15) is 8.42 Å². The number of benzene rings is 3. The number of aromatic hydroxyl groups is 1. The van der Waals surface area contributed by atoms with Gasteiger partial charge >= 0.3 is 10.4 Å². The second-order valence-electron chi connectivity index (χ2n) is 9.33. The molecule has 0 spiro atoms. The molecule has 7 nitrogen and oxygen atoms in total. The van der Waals surface area contributed by atoms with Gasteiger partial charge in [0.05, 0.1) is 6.61 Å². The van der Waals surface area contributed by atoms with Crippen molar-refractivity contribution in [2.24, 2.45) is 0 Å². The van der Waals surface area contributed by atoms with Crippen LogP contribution in [-0.2, 0) is 43.6 Å². The number of phenols is 1. The van der Waals surface area contributed by atoms with Crippen molar-refractivity contribution in [2.75, 3.05) is 0 Å². The molecule has 2 N–H and O–H groups in total. The molecule has 0 heterocycles. The molecule has 3 aromatic rings. The lowest BCUT2D eigenvalue weighted by Crippen LogP contribution is -2.42. The molecule has 0 bridgehead atoms. The van der Waals surface area contributed by atoms with Gasteiger partial charge in [-0.1, -0.05) is 36.4 Å². The molecule has 0 saturated carbocycles. The smallest absolute Gasteiger partial charge is 0.397 e. The molecule has 1 atom stereocenters. The SMILES string of the molecule is CC(C)N(C(=O)c1ccc(C[S+](Cc2ccccc2COS(=O)(=O)O)c2ccc(O)cc2)cc1)C(C)C. The van der Waals surface area contributed by atoms with Gasteiger partial charge in [-0.15, -0.1) is 0 Å². The van der Waals surface area contributed by atoms with Gasteiger partial charge in [0.25, 0.3) is 5.91 Å². The summed E-state index contributed by atoms with van der Waals surface area (Å²) in [6, 6.07) is 22.3. The first kappa shape index (κ1) is 28.7. The highest BCUT2D eigenvalue weighted by Crippen LogP contribution is 2.27. The van der Waals surface area contributed by atoms with E-state index in [1.54, 1.807) is 24.3 Å². The van der Waals surface area contributed by atoms with Crippen molar-refractivity contribution in [3.63, 3.8) is 0 Å². The van der Waals surface area contributed by atoms with Gasteiger partial charge in [0, 0.05) is 39.7 Å². The van der Waals surface area contributed by atoms with Crippen molar-refractivity contribution in [3.05, 3.63) is 95.1 Å². The van der Waals surface area contributed by atoms with Crippen LogP contribution < -0.4 is 0 Å². The van der Waals surface area contributed by atoms with Gasteiger partial charge in [-0.05, 0) is 69.7 Å². The minimum Gasteiger partial charge on any atom is -0.508 e. The van der Waals surface area contributed by atoms with Crippen LogP contribution in [0.3, 0.4) is 0 Å². The van der Waals surface area contributed by atoms with Crippen LogP contribution in [0.5, 0.6) is 5.75 Å². The fourth-order valence-electron chi connectivity index (χ4n) is 4.18. The van der Waals surface area contributed by atoms with Gasteiger partial charge in [0.15, 0.2) is 4.90 Å². The van der Waals surface area contributed by atoms with Crippen molar-refractivity contribution in [3.8, 4) is 5.75 Å². The maximum Gasteiger partial charge on any atom is 0.397 e. The average Bonchev–Trinajstić information content (AvgIpc) is 2.83. The molecule has 0 saturated heterocycles. The van der Waals surface area contributed by atoms with Crippen LogP contribution in [0.2, 0.25) is 0 Å². The highest BCUT2D eigenvalue weighted by atomic mass is 32.3. The number of hydrogen-bond donors (Lipinski definition) is 2. The number of hydrogen-bond acceptors (Lipinski definition) is 5. The van der Waals surface area contributed by atoms with Crippen LogP contribution >= 0.6 is 0 Å². The van der Waals surface area contributed by atoms with Crippen LogP contribution in [0.4, 0.5) is 0 Å². The van der Waals surface area contributed by atoms with E-state index in [9.17, 15) is 18.3 Å². The molecule has 9 heteroatoms. The first-order valence-electron chi connectivity index (χ1n) is 12.0. The summed E-state index contributed by atoms with van der Waals surface area (Å²) in [6.07, 6.45) is 0. The fourth-order valence-corrected chi connectivity index (χ4v) is 6.66. The molecule has 198 valence electrons. The Morgan fingerprint density at radius 2 is 1.43 bits per heavy atom. The first-order chi connectivity index (χ1) is 17.4. The number of rotatable bonds is 11. The quantitative estimate of drug-likeness (QED) is 0.249. The van der Waals surface area contributed by atoms with Crippen LogP contribution in [0.1, 0.15) is 54.7 Å². The lowest BCUT2D eigenvalue weighted by Gasteiger charge is -2.30. The predicted octanol–water partition coefficient (Wildman–Crippen LogP) is 5.35. The Morgan fingerprint density at radius 1 is 0.865 bits per heavy atom. The van der Waals surface area contributed by atoms with Gasteiger partial charge in [0.2, 0.25) is 0 Å². The number of amides is 1. The first-order valence-corrected chi connectivity index (χ1v) is 14.9. The van der Waals surface area contributed by atoms with E-state index in [1.165, 1.54) is 0 Å². The van der Waals surface area contributed by atoms with Crippen molar-refractivity contribution in [1.82, 2.24) is 4.90 Å². The van der Waals surface area contributed by atoms with Gasteiger partial charge in [-0.3, -0.25) is 9.35 Å². The molecule has 0 aliphatic carbocycles. The Morgan fingerprint density at radius 3 is 1.97 bits per heavy atom. The molecule has 0 aromatic heterocycles. The summed E-state index contributed by atoms with van der Waals surface area (Å²) in [6.45, 7) is 7.77. The van der Waals surface area contributed by atoms with Gasteiger partial charge in [0.1, 0.15) is 17.3 Å². The molecule has 0 aliphatic rings. The van der Waals surface area contributed by atoms with Crippen LogP contribution in [0, 0.1) is 0 Å². The van der Waals surface area contributed by atoms with Crippen LogP contribution in [0.15, 0.2) is 77.7 Å². The average molecular weight is 545 g/mol. The third kappa shape index (κ3) is 8.33. The van der Waals surface area contributed by atoms with E-state index in [4.69, 9.17) is 4.55 Å². The van der Waals surface area contributed by atoms with E-state index in [0.29, 0.717) is 22.6 Å². The van der Waals surface area contributed by atoms with E-state index in [1.807, 2.05) is 81.1 Å². The zero-order valence-corrected chi connectivity index (χ0v) is 23.1. The number of nitrogens with zero attached hydrogens (tertiary/aromatic N) is 1. The van der Waals surface area contributed by atoms with E-state index < -0.39 is 10.4 Å². The minimum atomic E-state index is -4.56. The van der Waals surface area contributed by atoms with Crippen LogP contribution in [-0.4, -0.2) is 41.0 Å². The zero-order chi connectivity index (χ0) is 27.2. The normalized spacial score (nSPS) is 12.6. The summed E-state index contributed by atoms with van der Waals surface area (Å²) in [5.74, 6) is 1.47. The molecule has 3 aromatic carbocycles. The number of carbonyl (C=O) groups excluding carboxylic acids is 1. The zero-order valence-electron chi connectivity index (χ0n) is 21.5. The molecule has 0 radical (unpaired) electrons. The highest BCUT2D eigenvalue weighted by molar-refractivity contribution is 7.95. The second-order valence-corrected chi connectivity index (χ2v) is 12.5. The number of phenolic OH excluding ortho intramolecular Hbond substituents is 1. The summed E-state index contributed by atoms with van der Waals surface area (Å²) in [7, 11) is -4.91. The van der Waals surface area contributed by atoms with Crippen LogP contribution in [0.25, 0.3) is 0 Å². The lowest BCUT2D eigenvalue weighted by atomic mass is 10.1. The highest BCUT2D eigenvalue weighted by Gasteiger charge is 2.26. The Labute approximate surface area is 222 Å². The largest absolute Gasteiger partial charge is 0.508 e. The Bertz CT molecular complexity index is 1280. The monoisotopic (exact) mass is 544 g/mol. The third-order valence-electron chi connectivity index (χ3n) is 5.87. The molecule has 0 aliphatic heterocycles. The minimum absolute atomic E-state index is 0.00171. The molecule has 1 unspecified atom stereocenters. The predicted molar refractivity (Wildman–Crippen MR) is 147 cm³/mol. The van der Waals surface area contributed by atoms with E-state index in [-0.39, 0.29) is 41.2 Å². The molecule has 1 amide bonds. The fraction of sp³-hybridized carbons (Fsp3) is 0.321. The molecule has 3 rings (SSSR count). The summed E-state index contributed by atoms with van der Waals surface area (Å²) in [4.78, 5) is 16.0. The Hall–Kier alpha value is -2.85. The summed E-state index contributed by atoms with van der Waals surface area (Å²) in [5, 5.41) is 9.78. The standard InChI is InChI=1S/C28H33NO6S2/c1-20(2)29(21(3)4)28(31)23-11-9-22(10-12-23)18-36(27-15-13-26(30)14-16-27)19-25-8-6-5-7-24(25)17-35-37(32,33)34/h5-16,20-21H,17-19H2,1-4H3,(H-,30,32,33,34)/p+1. The van der Waals surface area contributed by atoms with Crippen molar-refractivity contribution in [2.45, 2.75) is 62.8 Å². The summed E-state index contributed by atoms with van der Waals surface area (Å²) < 4.78 is 35.9. The maximum absolute atomic E-state index is 13.1. The lowest BCUT2D eigenvalue weighted by molar-refractivity contribution is 0.0643. The van der Waals surface area contributed by atoms with Gasteiger partial charge in [-0.25, -0.2) is 4.18 Å². The molecular weight excluding hydrogens is 510 g/mol. The molecule has 0 fully saturated rings. The van der Waals surface area contributed by atoms with E-state index in [2.05, 4.69) is 4.18 Å². The molecular formula is C28H34NO6S2+. The topological polar surface area (TPSA) is 104 Å². The number of carbonyl (C=O) groups is 1. The van der Waals surface area contributed by atoms with Crippen molar-refractivity contribution < 1.29 is 27.1 Å². The summed E-state index contributed by atoms with van der Waals surface area (Å²) in [5.41, 5.74) is 3.27. The van der Waals surface area contributed by atoms with Gasteiger partial charge < -0.3 is 10.0 Å². The summed E-state index contributed by atoms with van der Waals surface area (Å²) >= 11 is 0. The Balaban J connectivity index is 1.87. The third-order valence-corrected chi connectivity index (χ3v) is 8.57. The van der Waals surface area contributed by atoms with Crippen molar-refractivity contribution in [1.29, 1.82) is 0 Å². The van der Waals surface area contributed by atoms with E-state index >= 15 is 0 Å². The van der Waals surface area contributed by atoms with E-state index in [0.717, 1.165) is 16.0 Å².